The lowest BCUT2D eigenvalue weighted by molar-refractivity contribution is -0.112. The Kier molecular flexibility index (Phi) is 7.72. The smallest absolute Gasteiger partial charge is 0.353 e. The number of carbonyl (C=O) groups is 2. The summed E-state index contributed by atoms with van der Waals surface area (Å²) in [5.41, 5.74) is 1.50. The number of carbonyl (C=O) groups excluding carboxylic acids is 2. The summed E-state index contributed by atoms with van der Waals surface area (Å²) in [5.74, 6) is -0.255. The van der Waals surface area contributed by atoms with Crippen molar-refractivity contribution in [3.63, 3.8) is 0 Å². The number of halogens is 1. The summed E-state index contributed by atoms with van der Waals surface area (Å²) in [4.78, 5) is 25.4. The molecule has 1 N–H and O–H groups in total. The number of hydrogen-bond acceptors (Lipinski definition) is 7. The van der Waals surface area contributed by atoms with Gasteiger partial charge in [0.2, 0.25) is 0 Å². The molecule has 0 radical (unpaired) electrons. The first-order chi connectivity index (χ1) is 15.9. The molecule has 33 heavy (non-hydrogen) atoms. The lowest BCUT2D eigenvalue weighted by atomic mass is 10.1. The maximum absolute atomic E-state index is 12.7. The Morgan fingerprint density at radius 1 is 1.09 bits per heavy atom. The highest BCUT2D eigenvalue weighted by atomic mass is 35.5. The van der Waals surface area contributed by atoms with Crippen LogP contribution in [0.1, 0.15) is 20.8 Å². The average Bonchev–Trinajstić information content (AvgIpc) is 3.35. The molecule has 168 valence electrons. The first-order valence-electron chi connectivity index (χ1n) is 9.57. The van der Waals surface area contributed by atoms with E-state index in [-0.39, 0.29) is 17.1 Å². The van der Waals surface area contributed by atoms with Crippen LogP contribution in [0.4, 0.5) is 5.69 Å². The zero-order valence-electron chi connectivity index (χ0n) is 18.0. The van der Waals surface area contributed by atoms with E-state index in [0.717, 1.165) is 5.56 Å². The van der Waals surface area contributed by atoms with Gasteiger partial charge in [0.05, 0.1) is 19.9 Å². The van der Waals surface area contributed by atoms with Gasteiger partial charge in [-0.25, -0.2) is 4.79 Å². The summed E-state index contributed by atoms with van der Waals surface area (Å²) in [6, 6.07) is 13.3. The Balaban J connectivity index is 1.83. The highest BCUT2D eigenvalue weighted by Gasteiger charge is 2.16. The minimum absolute atomic E-state index is 0.143. The molecule has 0 saturated carbocycles. The SMILES string of the molecule is COc1cc(Cl)c(C)cc1NC(=O)/C(C#N)=C/c1ccc(OC(=O)c2cccs2)c(OC)c1. The van der Waals surface area contributed by atoms with E-state index in [2.05, 4.69) is 5.32 Å². The number of nitrogens with zero attached hydrogens (tertiary/aromatic N) is 1. The van der Waals surface area contributed by atoms with Crippen LogP contribution in [0.2, 0.25) is 5.02 Å². The summed E-state index contributed by atoms with van der Waals surface area (Å²) in [6.45, 7) is 1.79. The Morgan fingerprint density at radius 2 is 1.85 bits per heavy atom. The topological polar surface area (TPSA) is 97.6 Å². The summed E-state index contributed by atoms with van der Waals surface area (Å²) in [5, 5.41) is 14.5. The molecule has 0 bridgehead atoms. The molecule has 0 aliphatic rings. The van der Waals surface area contributed by atoms with Gasteiger partial charge in [0.1, 0.15) is 22.3 Å². The minimum Gasteiger partial charge on any atom is -0.495 e. The van der Waals surface area contributed by atoms with Crippen molar-refractivity contribution in [3.05, 3.63) is 74.4 Å². The highest BCUT2D eigenvalue weighted by molar-refractivity contribution is 7.12. The van der Waals surface area contributed by atoms with Crippen molar-refractivity contribution in [3.8, 4) is 23.3 Å². The monoisotopic (exact) mass is 482 g/mol. The second kappa shape index (κ2) is 10.7. The predicted octanol–water partition coefficient (Wildman–Crippen LogP) is 5.49. The maximum atomic E-state index is 12.7. The highest BCUT2D eigenvalue weighted by Crippen LogP contribution is 2.32. The Labute approximate surface area is 199 Å². The van der Waals surface area contributed by atoms with Crippen LogP contribution in [0.15, 0.2) is 53.4 Å². The summed E-state index contributed by atoms with van der Waals surface area (Å²) < 4.78 is 16.0. The first-order valence-corrected chi connectivity index (χ1v) is 10.8. The maximum Gasteiger partial charge on any atom is 0.353 e. The standard InChI is InChI=1S/C24H19ClN2O5S/c1-14-9-18(20(30-2)12-17(14)25)27-23(28)16(13-26)10-15-6-7-19(21(11-15)31-3)32-24(29)22-5-4-8-33-22/h4-12H,1-3H3,(H,27,28)/b16-10+. The zero-order chi connectivity index (χ0) is 24.0. The fraction of sp³-hybridized carbons (Fsp3) is 0.125. The molecule has 9 heteroatoms. The molecule has 0 unspecified atom stereocenters. The molecule has 0 spiro atoms. The quantitative estimate of drug-likeness (QED) is 0.207. The fourth-order valence-corrected chi connectivity index (χ4v) is 3.59. The second-order valence-electron chi connectivity index (χ2n) is 6.70. The molecule has 0 atom stereocenters. The molecule has 3 rings (SSSR count). The van der Waals surface area contributed by atoms with Crippen LogP contribution >= 0.6 is 22.9 Å². The van der Waals surface area contributed by atoms with E-state index < -0.39 is 11.9 Å². The van der Waals surface area contributed by atoms with Gasteiger partial charge in [-0.3, -0.25) is 4.79 Å². The van der Waals surface area contributed by atoms with Crippen LogP contribution in [0.25, 0.3) is 6.08 Å². The number of esters is 1. The normalized spacial score (nSPS) is 10.8. The third kappa shape index (κ3) is 5.71. The van der Waals surface area contributed by atoms with Gasteiger partial charge in [0.25, 0.3) is 5.91 Å². The van der Waals surface area contributed by atoms with Gasteiger partial charge in [-0.2, -0.15) is 5.26 Å². The van der Waals surface area contributed by atoms with Crippen molar-refractivity contribution in [2.45, 2.75) is 6.92 Å². The van der Waals surface area contributed by atoms with Gasteiger partial charge in [0, 0.05) is 11.1 Å². The Hall–Kier alpha value is -3.80. The summed E-state index contributed by atoms with van der Waals surface area (Å²) in [7, 11) is 2.88. The number of methoxy groups -OCH3 is 2. The molecular formula is C24H19ClN2O5S. The van der Waals surface area contributed by atoms with E-state index in [1.54, 1.807) is 48.7 Å². The molecule has 7 nitrogen and oxygen atoms in total. The largest absolute Gasteiger partial charge is 0.495 e. The molecule has 0 aliphatic carbocycles. The van der Waals surface area contributed by atoms with Gasteiger partial charge in [0.15, 0.2) is 11.5 Å². The number of aryl methyl sites for hydroxylation is 1. The number of nitrogens with one attached hydrogen (secondary N) is 1. The predicted molar refractivity (Wildman–Crippen MR) is 127 cm³/mol. The number of hydrogen-bond donors (Lipinski definition) is 1. The van der Waals surface area contributed by atoms with E-state index in [1.165, 1.54) is 37.7 Å². The van der Waals surface area contributed by atoms with Crippen molar-refractivity contribution in [2.24, 2.45) is 0 Å². The van der Waals surface area contributed by atoms with Crippen LogP contribution in [-0.2, 0) is 4.79 Å². The number of thiophene rings is 1. The molecule has 0 aliphatic heterocycles. The molecular weight excluding hydrogens is 464 g/mol. The third-order valence-corrected chi connectivity index (χ3v) is 5.77. The Bertz CT molecular complexity index is 1260. The van der Waals surface area contributed by atoms with Gasteiger partial charge in [-0.1, -0.05) is 23.7 Å². The van der Waals surface area contributed by atoms with Crippen LogP contribution in [-0.4, -0.2) is 26.1 Å². The number of rotatable bonds is 7. The number of anilines is 1. The van der Waals surface area contributed by atoms with Crippen molar-refractivity contribution < 1.29 is 23.8 Å². The van der Waals surface area contributed by atoms with E-state index in [4.69, 9.17) is 25.8 Å². The van der Waals surface area contributed by atoms with E-state index in [9.17, 15) is 14.9 Å². The number of ether oxygens (including phenoxy) is 3. The van der Waals surface area contributed by atoms with Gasteiger partial charge in [-0.05, 0) is 53.8 Å². The lowest BCUT2D eigenvalue weighted by Gasteiger charge is -2.12. The first kappa shape index (κ1) is 23.9. The van der Waals surface area contributed by atoms with Crippen molar-refractivity contribution in [2.75, 3.05) is 19.5 Å². The number of nitriles is 1. The van der Waals surface area contributed by atoms with Crippen molar-refractivity contribution >= 4 is 46.6 Å². The van der Waals surface area contributed by atoms with Crippen molar-refractivity contribution in [1.82, 2.24) is 0 Å². The van der Waals surface area contributed by atoms with Crippen LogP contribution in [0, 0.1) is 18.3 Å². The van der Waals surface area contributed by atoms with E-state index in [0.29, 0.717) is 26.9 Å². The van der Waals surface area contributed by atoms with Crippen molar-refractivity contribution in [1.29, 1.82) is 5.26 Å². The molecule has 2 aromatic carbocycles. The molecule has 3 aromatic rings. The number of benzene rings is 2. The van der Waals surface area contributed by atoms with Crippen LogP contribution in [0.5, 0.6) is 17.2 Å². The van der Waals surface area contributed by atoms with Gasteiger partial charge < -0.3 is 19.5 Å². The second-order valence-corrected chi connectivity index (χ2v) is 8.06. The fourth-order valence-electron chi connectivity index (χ4n) is 2.84. The average molecular weight is 483 g/mol. The van der Waals surface area contributed by atoms with E-state index >= 15 is 0 Å². The lowest BCUT2D eigenvalue weighted by Crippen LogP contribution is -2.14. The summed E-state index contributed by atoms with van der Waals surface area (Å²) >= 11 is 7.37. The summed E-state index contributed by atoms with van der Waals surface area (Å²) in [6.07, 6.45) is 1.40. The molecule has 1 amide bonds. The molecule has 0 fully saturated rings. The van der Waals surface area contributed by atoms with Gasteiger partial charge >= 0.3 is 5.97 Å². The minimum atomic E-state index is -0.621. The van der Waals surface area contributed by atoms with Crippen LogP contribution < -0.4 is 19.5 Å². The zero-order valence-corrected chi connectivity index (χ0v) is 19.5. The van der Waals surface area contributed by atoms with Gasteiger partial charge in [-0.15, -0.1) is 11.3 Å². The third-order valence-electron chi connectivity index (χ3n) is 4.52. The van der Waals surface area contributed by atoms with E-state index in [1.807, 2.05) is 6.07 Å². The Morgan fingerprint density at radius 3 is 2.48 bits per heavy atom. The molecule has 0 saturated heterocycles. The molecule has 1 aromatic heterocycles. The molecule has 1 heterocycles. The number of amides is 1. The van der Waals surface area contributed by atoms with Crippen LogP contribution in [0.3, 0.4) is 0 Å².